The minimum Gasteiger partial charge on any atom is -0.469 e. The summed E-state index contributed by atoms with van der Waals surface area (Å²) < 4.78 is 22.1. The van der Waals surface area contributed by atoms with Gasteiger partial charge in [-0.25, -0.2) is 0 Å². The number of aliphatic hydroxyl groups is 4. The molecule has 300 valence electrons. The van der Waals surface area contributed by atoms with E-state index in [0.29, 0.717) is 12.8 Å². The van der Waals surface area contributed by atoms with Crippen molar-refractivity contribution in [1.82, 2.24) is 0 Å². The monoisotopic (exact) mass is 746 g/mol. The first-order valence-corrected chi connectivity index (χ1v) is 19.8. The molecule has 4 aliphatic carbocycles. The van der Waals surface area contributed by atoms with Crippen molar-refractivity contribution < 1.29 is 53.8 Å². The van der Waals surface area contributed by atoms with Crippen molar-refractivity contribution in [3.63, 3.8) is 0 Å². The van der Waals surface area contributed by atoms with Crippen LogP contribution in [0, 0.1) is 39.4 Å². The lowest BCUT2D eigenvalue weighted by Crippen LogP contribution is -2.56. The summed E-state index contributed by atoms with van der Waals surface area (Å²) in [7, 11) is 1.25. The Balaban J connectivity index is 1.37. The molecule has 5 aliphatic rings. The zero-order chi connectivity index (χ0) is 39.3. The van der Waals surface area contributed by atoms with E-state index in [1.165, 1.54) is 25.2 Å². The summed E-state index contributed by atoms with van der Waals surface area (Å²) in [5.41, 5.74) is 2.04. The zero-order valence-electron chi connectivity index (χ0n) is 33.5. The first kappa shape index (κ1) is 41.8. The molecule has 53 heavy (non-hydrogen) atoms. The number of methoxy groups -OCH3 is 1. The summed E-state index contributed by atoms with van der Waals surface area (Å²) in [6, 6.07) is 0. The molecule has 1 saturated heterocycles. The second kappa shape index (κ2) is 15.3. The van der Waals surface area contributed by atoms with Gasteiger partial charge in [-0.3, -0.25) is 14.4 Å². The summed E-state index contributed by atoms with van der Waals surface area (Å²) in [6.45, 7) is 16.9. The maximum Gasteiger partial charge on any atom is 0.311 e. The smallest absolute Gasteiger partial charge is 0.311 e. The Bertz CT molecular complexity index is 1460. The highest BCUT2D eigenvalue weighted by molar-refractivity contribution is 5.75. The van der Waals surface area contributed by atoms with Gasteiger partial charge < -0.3 is 39.4 Å². The molecule has 0 aromatic carbocycles. The third-order valence-corrected chi connectivity index (χ3v) is 14.8. The van der Waals surface area contributed by atoms with Crippen LogP contribution in [0.3, 0.4) is 0 Å². The normalized spacial score (nSPS) is 39.4. The maximum atomic E-state index is 14.1. The highest BCUT2D eigenvalue weighted by atomic mass is 16.7. The highest BCUT2D eigenvalue weighted by Crippen LogP contribution is 2.72. The molecule has 12 atom stereocenters. The topological polar surface area (TPSA) is 169 Å². The number of fused-ring (bicyclic) bond motifs is 4. The van der Waals surface area contributed by atoms with Crippen molar-refractivity contribution in [3.05, 3.63) is 22.8 Å². The molecular weight excluding hydrogens is 680 g/mol. The average Bonchev–Trinajstić information content (AvgIpc) is 3.34. The molecule has 0 unspecified atom stereocenters. The fourth-order valence-electron chi connectivity index (χ4n) is 11.6. The van der Waals surface area contributed by atoms with Crippen LogP contribution in [0.15, 0.2) is 22.8 Å². The Labute approximate surface area is 315 Å². The molecule has 3 fully saturated rings. The van der Waals surface area contributed by atoms with Crippen molar-refractivity contribution in [3.8, 4) is 0 Å². The van der Waals surface area contributed by atoms with Gasteiger partial charge in [0.15, 0.2) is 0 Å². The number of rotatable bonds is 11. The summed E-state index contributed by atoms with van der Waals surface area (Å²) in [5, 5.41) is 41.5. The van der Waals surface area contributed by atoms with Crippen LogP contribution in [-0.2, 0) is 33.3 Å². The van der Waals surface area contributed by atoms with E-state index < -0.39 is 54.0 Å². The van der Waals surface area contributed by atoms with E-state index in [9.17, 15) is 34.8 Å². The van der Waals surface area contributed by atoms with Crippen LogP contribution in [0.25, 0.3) is 0 Å². The molecule has 1 heterocycles. The number of hydrogen-bond donors (Lipinski definition) is 4. The molecule has 0 radical (unpaired) electrons. The number of esters is 3. The van der Waals surface area contributed by atoms with Crippen LogP contribution >= 0.6 is 0 Å². The SMILES string of the molecule is COC(=O)C[C@@](C)(O)CC(=O)O[C@@H]1CC[C@]2(C)C3=C(CC[C@H]2C1(C)C)[C@]1(C)CC[C@H]([C@@H](CCC=C(C)C)C(=O)O[C@@H]2OC[C@@H](O)[C@H](O)[C@H]2O)[C@@]1(C)CC3. The first-order chi connectivity index (χ1) is 24.6. The van der Waals surface area contributed by atoms with E-state index in [2.05, 4.69) is 45.4 Å². The molecule has 2 saturated carbocycles. The number of allylic oxidation sites excluding steroid dienone is 4. The Hall–Kier alpha value is -2.31. The third kappa shape index (κ3) is 7.76. The quantitative estimate of drug-likeness (QED) is 0.116. The fourth-order valence-corrected chi connectivity index (χ4v) is 11.6. The van der Waals surface area contributed by atoms with Gasteiger partial charge in [-0.15, -0.1) is 0 Å². The van der Waals surface area contributed by atoms with Crippen LogP contribution in [0.4, 0.5) is 0 Å². The van der Waals surface area contributed by atoms with Crippen molar-refractivity contribution in [2.75, 3.05) is 13.7 Å². The van der Waals surface area contributed by atoms with E-state index in [1.807, 2.05) is 13.8 Å². The van der Waals surface area contributed by atoms with E-state index in [0.717, 1.165) is 51.4 Å². The molecule has 0 aromatic heterocycles. The van der Waals surface area contributed by atoms with Gasteiger partial charge in [0.05, 0.1) is 38.1 Å². The lowest BCUT2D eigenvalue weighted by atomic mass is 9.43. The molecule has 1 aliphatic heterocycles. The van der Waals surface area contributed by atoms with Gasteiger partial charge in [0.25, 0.3) is 0 Å². The average molecular weight is 747 g/mol. The fraction of sp³-hybridized carbons (Fsp3) is 0.833. The Morgan fingerprint density at radius 1 is 0.906 bits per heavy atom. The van der Waals surface area contributed by atoms with Crippen LogP contribution in [-0.4, -0.2) is 88.4 Å². The molecule has 11 nitrogen and oxygen atoms in total. The van der Waals surface area contributed by atoms with E-state index in [4.69, 9.17) is 14.2 Å². The Morgan fingerprint density at radius 2 is 1.58 bits per heavy atom. The summed E-state index contributed by atoms with van der Waals surface area (Å²) >= 11 is 0. The standard InChI is InChI=1S/C42H66O11/c1-24(2)11-10-12-25(36(48)53-37-35(47)34(46)29(43)23-51-37)26-15-19-42(8)28-13-14-30-38(3,4)31(52-33(45)22-39(5,49)21-32(44)50-9)17-18-40(30,6)27(28)16-20-41(26,42)7/h11,25-26,29-31,34-35,37,43,46-47,49H,10,12-23H2,1-9H3/t25-,26-,29-,30+,31-,34+,35-,37+,39-,40-,41-,42+/m1/s1. The number of carbonyl (C=O) groups excluding carboxylic acids is 3. The molecule has 5 rings (SSSR count). The van der Waals surface area contributed by atoms with Gasteiger partial charge in [-0.05, 0) is 113 Å². The van der Waals surface area contributed by atoms with Gasteiger partial charge in [-0.2, -0.15) is 0 Å². The van der Waals surface area contributed by atoms with Gasteiger partial charge in [0.2, 0.25) is 6.29 Å². The molecule has 11 heteroatoms. The molecule has 0 bridgehead atoms. The second-order valence-electron chi connectivity index (χ2n) is 18.8. The lowest BCUT2D eigenvalue weighted by molar-refractivity contribution is -0.265. The van der Waals surface area contributed by atoms with Crippen LogP contribution in [0.5, 0.6) is 0 Å². The summed E-state index contributed by atoms with van der Waals surface area (Å²) in [6.07, 6.45) is 4.21. The van der Waals surface area contributed by atoms with Crippen molar-refractivity contribution in [2.45, 2.75) is 169 Å². The van der Waals surface area contributed by atoms with Crippen LogP contribution in [0.1, 0.15) is 132 Å². The molecule has 0 amide bonds. The maximum absolute atomic E-state index is 14.1. The van der Waals surface area contributed by atoms with E-state index in [1.54, 1.807) is 5.57 Å². The third-order valence-electron chi connectivity index (χ3n) is 14.8. The number of ether oxygens (including phenoxy) is 4. The predicted molar refractivity (Wildman–Crippen MR) is 197 cm³/mol. The van der Waals surface area contributed by atoms with Gasteiger partial charge in [0.1, 0.15) is 24.4 Å². The largest absolute Gasteiger partial charge is 0.469 e. The van der Waals surface area contributed by atoms with Crippen LogP contribution < -0.4 is 0 Å². The molecule has 0 aromatic rings. The summed E-state index contributed by atoms with van der Waals surface area (Å²) in [4.78, 5) is 39.0. The minimum atomic E-state index is -1.55. The second-order valence-corrected chi connectivity index (χ2v) is 18.8. The zero-order valence-corrected chi connectivity index (χ0v) is 33.5. The Kier molecular flexibility index (Phi) is 12.1. The predicted octanol–water partition coefficient (Wildman–Crippen LogP) is 5.70. The lowest BCUT2D eigenvalue weighted by Gasteiger charge is -2.62. The molecule has 4 N–H and O–H groups in total. The minimum absolute atomic E-state index is 0.0457. The van der Waals surface area contributed by atoms with Crippen molar-refractivity contribution in [1.29, 1.82) is 0 Å². The van der Waals surface area contributed by atoms with Gasteiger partial charge >= 0.3 is 17.9 Å². The number of hydrogen-bond acceptors (Lipinski definition) is 11. The molecular formula is C42H66O11. The van der Waals surface area contributed by atoms with Crippen molar-refractivity contribution >= 4 is 17.9 Å². The van der Waals surface area contributed by atoms with Gasteiger partial charge in [0, 0.05) is 5.41 Å². The van der Waals surface area contributed by atoms with Crippen molar-refractivity contribution in [2.24, 2.45) is 39.4 Å². The van der Waals surface area contributed by atoms with Crippen LogP contribution in [0.2, 0.25) is 0 Å². The van der Waals surface area contributed by atoms with E-state index >= 15 is 0 Å². The summed E-state index contributed by atoms with van der Waals surface area (Å²) in [5.74, 6) is -1.61. The van der Waals surface area contributed by atoms with E-state index in [-0.39, 0.29) is 59.0 Å². The molecule has 0 spiro atoms. The first-order valence-electron chi connectivity index (χ1n) is 19.8. The Morgan fingerprint density at radius 3 is 2.25 bits per heavy atom. The highest BCUT2D eigenvalue weighted by Gasteiger charge is 2.65. The van der Waals surface area contributed by atoms with Gasteiger partial charge in [-0.1, -0.05) is 57.4 Å². The number of aliphatic hydroxyl groups excluding tert-OH is 3. The number of carbonyl (C=O) groups is 3.